The maximum Gasteiger partial charge on any atom is 0.163 e. The number of nitrogen functional groups attached to an aromatic ring is 1. The second kappa shape index (κ2) is 4.22. The first-order chi connectivity index (χ1) is 7.36. The Morgan fingerprint density at radius 2 is 2.33 bits per heavy atom. The van der Waals surface area contributed by atoms with Gasteiger partial charge in [0.05, 0.1) is 11.6 Å². The lowest BCUT2D eigenvalue weighted by atomic mass is 10.3. The van der Waals surface area contributed by atoms with E-state index in [9.17, 15) is 0 Å². The number of rotatable bonds is 4. The zero-order chi connectivity index (χ0) is 10.7. The third-order valence-corrected chi connectivity index (χ3v) is 2.29. The molecule has 0 saturated heterocycles. The number of unbranched alkanes of at least 4 members (excludes halogenated alkanes) is 1. The van der Waals surface area contributed by atoms with Crippen molar-refractivity contribution < 1.29 is 0 Å². The number of hydrogen-bond acceptors (Lipinski definition) is 5. The van der Waals surface area contributed by atoms with Gasteiger partial charge in [-0.25, -0.2) is 20.5 Å². The topological polar surface area (TPSA) is 81.7 Å². The summed E-state index contributed by atoms with van der Waals surface area (Å²) in [5.41, 5.74) is 3.36. The molecule has 0 saturated carbocycles. The third kappa shape index (κ3) is 1.75. The van der Waals surface area contributed by atoms with Crippen LogP contribution in [0.1, 0.15) is 19.8 Å². The molecule has 0 aliphatic heterocycles. The second-order valence-corrected chi connectivity index (χ2v) is 3.33. The fraction of sp³-hybridized carbons (Fsp3) is 0.444. The zero-order valence-corrected chi connectivity index (χ0v) is 8.64. The molecule has 2 heterocycles. The minimum Gasteiger partial charge on any atom is -0.308 e. The largest absolute Gasteiger partial charge is 0.308 e. The van der Waals surface area contributed by atoms with Crippen LogP contribution in [-0.4, -0.2) is 19.7 Å². The van der Waals surface area contributed by atoms with E-state index in [1.54, 1.807) is 6.20 Å². The van der Waals surface area contributed by atoms with Crippen LogP contribution in [0.15, 0.2) is 12.5 Å². The zero-order valence-electron chi connectivity index (χ0n) is 8.64. The van der Waals surface area contributed by atoms with Gasteiger partial charge in [0.15, 0.2) is 11.5 Å². The van der Waals surface area contributed by atoms with Crippen molar-refractivity contribution >= 4 is 16.9 Å². The Bertz CT molecular complexity index is 449. The number of fused-ring (bicyclic) bond motifs is 1. The number of nitrogens with two attached hydrogens (primary N) is 1. The van der Waals surface area contributed by atoms with Gasteiger partial charge in [-0.2, -0.15) is 5.10 Å². The van der Waals surface area contributed by atoms with Gasteiger partial charge >= 0.3 is 0 Å². The molecule has 0 spiro atoms. The van der Waals surface area contributed by atoms with Crippen LogP contribution in [0.2, 0.25) is 0 Å². The van der Waals surface area contributed by atoms with Gasteiger partial charge < -0.3 is 5.43 Å². The number of aryl methyl sites for hydroxylation is 1. The van der Waals surface area contributed by atoms with E-state index in [2.05, 4.69) is 27.4 Å². The third-order valence-electron chi connectivity index (χ3n) is 2.29. The van der Waals surface area contributed by atoms with E-state index in [4.69, 9.17) is 5.84 Å². The summed E-state index contributed by atoms with van der Waals surface area (Å²) in [6, 6.07) is 0. The van der Waals surface area contributed by atoms with Gasteiger partial charge in [0.2, 0.25) is 0 Å². The average Bonchev–Trinajstić information content (AvgIpc) is 2.69. The summed E-state index contributed by atoms with van der Waals surface area (Å²) in [5, 5.41) is 5.12. The molecule has 0 atom stereocenters. The fourth-order valence-electron chi connectivity index (χ4n) is 1.48. The molecule has 3 N–H and O–H groups in total. The van der Waals surface area contributed by atoms with Crippen LogP contribution in [0.3, 0.4) is 0 Å². The Hall–Kier alpha value is -1.69. The maximum atomic E-state index is 5.35. The van der Waals surface area contributed by atoms with E-state index in [1.165, 1.54) is 6.33 Å². The number of hydrazine groups is 1. The van der Waals surface area contributed by atoms with Gasteiger partial charge in [0, 0.05) is 6.54 Å². The second-order valence-electron chi connectivity index (χ2n) is 3.33. The van der Waals surface area contributed by atoms with E-state index in [0.29, 0.717) is 5.82 Å². The van der Waals surface area contributed by atoms with E-state index in [1.807, 2.05) is 4.68 Å². The molecule has 2 aromatic rings. The van der Waals surface area contributed by atoms with E-state index in [-0.39, 0.29) is 0 Å². The first-order valence-corrected chi connectivity index (χ1v) is 5.00. The Labute approximate surface area is 87.5 Å². The SMILES string of the molecule is CCCCn1ncc2c(NN)ncnc21. The van der Waals surface area contributed by atoms with Gasteiger partial charge in [0.1, 0.15) is 6.33 Å². The molecular formula is C9H14N6. The molecule has 0 aromatic carbocycles. The van der Waals surface area contributed by atoms with Crippen molar-refractivity contribution in [2.24, 2.45) is 5.84 Å². The van der Waals surface area contributed by atoms with E-state index < -0.39 is 0 Å². The minimum atomic E-state index is 0.614. The lowest BCUT2D eigenvalue weighted by molar-refractivity contribution is 0.584. The number of aromatic nitrogens is 4. The van der Waals surface area contributed by atoms with Crippen molar-refractivity contribution in [3.8, 4) is 0 Å². The van der Waals surface area contributed by atoms with Crippen LogP contribution in [-0.2, 0) is 6.54 Å². The first-order valence-electron chi connectivity index (χ1n) is 5.00. The monoisotopic (exact) mass is 206 g/mol. The summed E-state index contributed by atoms with van der Waals surface area (Å²) in [6.45, 7) is 3.02. The van der Waals surface area contributed by atoms with Crippen molar-refractivity contribution in [3.05, 3.63) is 12.5 Å². The molecule has 0 bridgehead atoms. The molecule has 2 rings (SSSR count). The molecule has 0 radical (unpaired) electrons. The normalized spacial score (nSPS) is 10.8. The maximum absolute atomic E-state index is 5.35. The van der Waals surface area contributed by atoms with Crippen molar-refractivity contribution in [2.45, 2.75) is 26.3 Å². The smallest absolute Gasteiger partial charge is 0.163 e. The van der Waals surface area contributed by atoms with Gasteiger partial charge in [-0.3, -0.25) is 0 Å². The summed E-state index contributed by atoms with van der Waals surface area (Å²) in [6.07, 6.45) is 5.45. The van der Waals surface area contributed by atoms with Crippen molar-refractivity contribution in [2.75, 3.05) is 5.43 Å². The van der Waals surface area contributed by atoms with Crippen LogP contribution in [0.25, 0.3) is 11.0 Å². The standard InChI is InChI=1S/C9H14N6/c1-2-3-4-15-9-7(5-13-15)8(14-10)11-6-12-9/h5-6H,2-4,10H2,1H3,(H,11,12,14). The van der Waals surface area contributed by atoms with Crippen LogP contribution in [0.5, 0.6) is 0 Å². The van der Waals surface area contributed by atoms with Gasteiger partial charge in [-0.05, 0) is 6.42 Å². The highest BCUT2D eigenvalue weighted by Gasteiger charge is 2.07. The highest BCUT2D eigenvalue weighted by Crippen LogP contribution is 2.17. The fourth-order valence-corrected chi connectivity index (χ4v) is 1.48. The molecule has 2 aromatic heterocycles. The summed E-state index contributed by atoms with van der Waals surface area (Å²) >= 11 is 0. The lowest BCUT2D eigenvalue weighted by Crippen LogP contribution is -2.09. The number of nitrogens with zero attached hydrogens (tertiary/aromatic N) is 4. The van der Waals surface area contributed by atoms with Crippen LogP contribution < -0.4 is 11.3 Å². The van der Waals surface area contributed by atoms with Gasteiger partial charge in [-0.15, -0.1) is 0 Å². The minimum absolute atomic E-state index is 0.614. The molecule has 0 aliphatic carbocycles. The predicted molar refractivity (Wildman–Crippen MR) is 58.0 cm³/mol. The number of nitrogens with one attached hydrogen (secondary N) is 1. The molecule has 0 amide bonds. The van der Waals surface area contributed by atoms with Crippen molar-refractivity contribution in [1.82, 2.24) is 19.7 Å². The van der Waals surface area contributed by atoms with Crippen molar-refractivity contribution in [1.29, 1.82) is 0 Å². The molecule has 0 unspecified atom stereocenters. The Kier molecular flexibility index (Phi) is 2.77. The molecule has 0 fully saturated rings. The predicted octanol–water partition coefficient (Wildman–Crippen LogP) is 0.912. The van der Waals surface area contributed by atoms with E-state index in [0.717, 1.165) is 30.4 Å². The number of anilines is 1. The average molecular weight is 206 g/mol. The highest BCUT2D eigenvalue weighted by atomic mass is 15.3. The summed E-state index contributed by atoms with van der Waals surface area (Å²) in [4.78, 5) is 8.21. The lowest BCUT2D eigenvalue weighted by Gasteiger charge is -2.02. The van der Waals surface area contributed by atoms with E-state index >= 15 is 0 Å². The quantitative estimate of drug-likeness (QED) is 0.574. The Morgan fingerprint density at radius 3 is 3.07 bits per heavy atom. The van der Waals surface area contributed by atoms with Crippen LogP contribution in [0, 0.1) is 0 Å². The van der Waals surface area contributed by atoms with Crippen LogP contribution in [0.4, 0.5) is 5.82 Å². The molecular weight excluding hydrogens is 192 g/mol. The number of hydrogen-bond donors (Lipinski definition) is 2. The molecule has 15 heavy (non-hydrogen) atoms. The van der Waals surface area contributed by atoms with Crippen molar-refractivity contribution in [3.63, 3.8) is 0 Å². The van der Waals surface area contributed by atoms with Gasteiger partial charge in [-0.1, -0.05) is 13.3 Å². The highest BCUT2D eigenvalue weighted by molar-refractivity contribution is 5.85. The molecule has 0 aliphatic rings. The summed E-state index contributed by atoms with van der Waals surface area (Å²) in [5.74, 6) is 5.96. The molecule has 6 nitrogen and oxygen atoms in total. The van der Waals surface area contributed by atoms with Gasteiger partial charge in [0.25, 0.3) is 0 Å². The van der Waals surface area contributed by atoms with Crippen LogP contribution >= 0.6 is 0 Å². The molecule has 80 valence electrons. The summed E-state index contributed by atoms with van der Waals surface area (Å²) in [7, 11) is 0. The Balaban J connectivity index is 2.42. The first kappa shape index (κ1) is 9.85. The summed E-state index contributed by atoms with van der Waals surface area (Å²) < 4.78 is 1.88. The Morgan fingerprint density at radius 1 is 1.47 bits per heavy atom. The molecule has 6 heteroatoms.